The average Bonchev–Trinajstić information content (AvgIpc) is 2.40. The monoisotopic (exact) mass is 450 g/mol. The fraction of sp³-hybridized carbons (Fsp3) is 0.0714. The third kappa shape index (κ3) is 3.30. The van der Waals surface area contributed by atoms with E-state index in [1.807, 2.05) is 12.1 Å². The van der Waals surface area contributed by atoms with Crippen LogP contribution in [-0.4, -0.2) is 12.9 Å². The molecule has 0 heterocycles. The van der Waals surface area contributed by atoms with Crippen LogP contribution >= 0.6 is 50.1 Å². The van der Waals surface area contributed by atoms with Crippen LogP contribution in [0.3, 0.4) is 0 Å². The molecular formula is C14H9BrClIO2. The zero-order chi connectivity index (χ0) is 14.0. The Morgan fingerprint density at radius 1 is 1.21 bits per heavy atom. The van der Waals surface area contributed by atoms with Gasteiger partial charge in [-0.15, -0.1) is 0 Å². The Labute approximate surface area is 138 Å². The van der Waals surface area contributed by atoms with E-state index >= 15 is 0 Å². The van der Waals surface area contributed by atoms with Crippen LogP contribution in [-0.2, 0) is 0 Å². The van der Waals surface area contributed by atoms with E-state index in [4.69, 9.17) is 16.3 Å². The van der Waals surface area contributed by atoms with Gasteiger partial charge in [-0.05, 0) is 59.0 Å². The van der Waals surface area contributed by atoms with Gasteiger partial charge in [-0.3, -0.25) is 4.79 Å². The highest BCUT2D eigenvalue weighted by atomic mass is 127. The first-order chi connectivity index (χ1) is 9.02. The normalized spacial score (nSPS) is 10.3. The van der Waals surface area contributed by atoms with Crippen molar-refractivity contribution in [1.29, 1.82) is 0 Å². The van der Waals surface area contributed by atoms with Gasteiger partial charge in [0.25, 0.3) is 0 Å². The van der Waals surface area contributed by atoms with Gasteiger partial charge >= 0.3 is 0 Å². The number of methoxy groups -OCH3 is 1. The van der Waals surface area contributed by atoms with E-state index in [2.05, 4.69) is 38.5 Å². The van der Waals surface area contributed by atoms with Gasteiger partial charge in [-0.25, -0.2) is 0 Å². The lowest BCUT2D eigenvalue weighted by atomic mass is 10.0. The Morgan fingerprint density at radius 3 is 2.63 bits per heavy atom. The maximum Gasteiger partial charge on any atom is 0.197 e. The van der Waals surface area contributed by atoms with Crippen molar-refractivity contribution in [2.45, 2.75) is 0 Å². The van der Waals surface area contributed by atoms with Crippen LogP contribution < -0.4 is 4.74 Å². The molecule has 2 nitrogen and oxygen atoms in total. The SMILES string of the molecule is COc1ccc(Br)cc1C(=O)c1cc(Cl)ccc1I. The van der Waals surface area contributed by atoms with Crippen molar-refractivity contribution in [1.82, 2.24) is 0 Å². The minimum absolute atomic E-state index is 0.106. The van der Waals surface area contributed by atoms with E-state index in [1.165, 1.54) is 0 Å². The molecular weight excluding hydrogens is 442 g/mol. The molecule has 98 valence electrons. The van der Waals surface area contributed by atoms with E-state index in [-0.39, 0.29) is 5.78 Å². The van der Waals surface area contributed by atoms with Crippen LogP contribution in [0.1, 0.15) is 15.9 Å². The number of ketones is 1. The van der Waals surface area contributed by atoms with Crippen molar-refractivity contribution in [2.24, 2.45) is 0 Å². The van der Waals surface area contributed by atoms with Crippen LogP contribution in [0, 0.1) is 3.57 Å². The molecule has 0 radical (unpaired) electrons. The van der Waals surface area contributed by atoms with Crippen LogP contribution in [0.5, 0.6) is 5.75 Å². The third-order valence-electron chi connectivity index (χ3n) is 2.58. The van der Waals surface area contributed by atoms with Gasteiger partial charge in [0, 0.05) is 18.6 Å². The Kier molecular flexibility index (Phi) is 4.86. The zero-order valence-corrected chi connectivity index (χ0v) is 14.4. The van der Waals surface area contributed by atoms with E-state index in [0.717, 1.165) is 8.04 Å². The first-order valence-electron chi connectivity index (χ1n) is 5.36. The molecule has 0 saturated carbocycles. The summed E-state index contributed by atoms with van der Waals surface area (Å²) in [5, 5.41) is 0.540. The van der Waals surface area contributed by atoms with Crippen LogP contribution in [0.4, 0.5) is 0 Å². The van der Waals surface area contributed by atoms with E-state index in [9.17, 15) is 4.79 Å². The number of rotatable bonds is 3. The fourth-order valence-corrected chi connectivity index (χ4v) is 2.79. The number of hydrogen-bond acceptors (Lipinski definition) is 2. The smallest absolute Gasteiger partial charge is 0.197 e. The summed E-state index contributed by atoms with van der Waals surface area (Å²) in [5.74, 6) is 0.439. The van der Waals surface area contributed by atoms with Gasteiger partial charge in [-0.2, -0.15) is 0 Å². The van der Waals surface area contributed by atoms with Gasteiger partial charge in [0.15, 0.2) is 5.78 Å². The Morgan fingerprint density at radius 2 is 1.95 bits per heavy atom. The fourth-order valence-electron chi connectivity index (χ4n) is 1.67. The first kappa shape index (κ1) is 14.8. The number of carbonyl (C=O) groups is 1. The summed E-state index contributed by atoms with van der Waals surface area (Å²) in [7, 11) is 1.54. The maximum atomic E-state index is 12.6. The second-order valence-electron chi connectivity index (χ2n) is 3.80. The molecule has 0 bridgehead atoms. The van der Waals surface area contributed by atoms with Gasteiger partial charge in [0.2, 0.25) is 0 Å². The van der Waals surface area contributed by atoms with Crippen molar-refractivity contribution in [3.63, 3.8) is 0 Å². The third-order valence-corrected chi connectivity index (χ3v) is 4.25. The molecule has 0 aliphatic rings. The van der Waals surface area contributed by atoms with Gasteiger partial charge < -0.3 is 4.74 Å². The molecule has 0 spiro atoms. The summed E-state index contributed by atoms with van der Waals surface area (Å²) in [6.07, 6.45) is 0. The maximum absolute atomic E-state index is 12.6. The van der Waals surface area contributed by atoms with Crippen LogP contribution in [0.25, 0.3) is 0 Å². The largest absolute Gasteiger partial charge is 0.496 e. The molecule has 0 unspecified atom stereocenters. The van der Waals surface area contributed by atoms with Gasteiger partial charge in [-0.1, -0.05) is 27.5 Å². The van der Waals surface area contributed by atoms with E-state index in [0.29, 0.717) is 21.9 Å². The summed E-state index contributed by atoms with van der Waals surface area (Å²) in [4.78, 5) is 12.6. The minimum Gasteiger partial charge on any atom is -0.496 e. The summed E-state index contributed by atoms with van der Waals surface area (Å²) in [6, 6.07) is 10.6. The Balaban J connectivity index is 2.55. The van der Waals surface area contributed by atoms with Gasteiger partial charge in [0.05, 0.1) is 12.7 Å². The van der Waals surface area contributed by atoms with Crippen LogP contribution in [0.2, 0.25) is 5.02 Å². The highest BCUT2D eigenvalue weighted by Crippen LogP contribution is 2.28. The highest BCUT2D eigenvalue weighted by molar-refractivity contribution is 14.1. The lowest BCUT2D eigenvalue weighted by Crippen LogP contribution is -2.06. The zero-order valence-electron chi connectivity index (χ0n) is 9.91. The van der Waals surface area contributed by atoms with Gasteiger partial charge in [0.1, 0.15) is 5.75 Å². The Hall–Kier alpha value is -0.590. The molecule has 0 saturated heterocycles. The number of benzene rings is 2. The number of halogens is 3. The quantitative estimate of drug-likeness (QED) is 0.488. The molecule has 2 aromatic rings. The first-order valence-corrected chi connectivity index (χ1v) is 7.61. The molecule has 2 rings (SSSR count). The molecule has 19 heavy (non-hydrogen) atoms. The summed E-state index contributed by atoms with van der Waals surface area (Å²) in [5.41, 5.74) is 1.08. The molecule has 0 atom stereocenters. The Bertz CT molecular complexity index is 643. The van der Waals surface area contributed by atoms with E-state index < -0.39 is 0 Å². The summed E-state index contributed by atoms with van der Waals surface area (Å²) in [6.45, 7) is 0. The number of carbonyl (C=O) groups excluding carboxylic acids is 1. The lowest BCUT2D eigenvalue weighted by molar-refractivity contribution is 0.103. The molecule has 0 aliphatic carbocycles. The lowest BCUT2D eigenvalue weighted by Gasteiger charge is -2.09. The molecule has 0 aromatic heterocycles. The van der Waals surface area contributed by atoms with E-state index in [1.54, 1.807) is 31.4 Å². The molecule has 5 heteroatoms. The predicted octanol–water partition coefficient (Wildman–Crippen LogP) is 4.95. The molecule has 2 aromatic carbocycles. The topological polar surface area (TPSA) is 26.3 Å². The minimum atomic E-state index is -0.106. The summed E-state index contributed by atoms with van der Waals surface area (Å²) >= 11 is 11.4. The van der Waals surface area contributed by atoms with Crippen LogP contribution in [0.15, 0.2) is 40.9 Å². The van der Waals surface area contributed by atoms with Crippen molar-refractivity contribution in [2.75, 3.05) is 7.11 Å². The highest BCUT2D eigenvalue weighted by Gasteiger charge is 2.17. The molecule has 0 fully saturated rings. The standard InChI is InChI=1S/C14H9BrClIO2/c1-19-13-5-2-8(15)6-11(13)14(18)10-7-9(16)3-4-12(10)17/h2-7H,1H3. The number of ether oxygens (including phenoxy) is 1. The second-order valence-corrected chi connectivity index (χ2v) is 6.31. The van der Waals surface area contributed by atoms with Crippen molar-refractivity contribution >= 4 is 55.9 Å². The number of hydrogen-bond donors (Lipinski definition) is 0. The molecule has 0 N–H and O–H groups in total. The van der Waals surface area contributed by atoms with Crippen molar-refractivity contribution in [3.8, 4) is 5.75 Å². The molecule has 0 aliphatic heterocycles. The molecule has 0 amide bonds. The second kappa shape index (κ2) is 6.24. The average molecular weight is 451 g/mol. The predicted molar refractivity (Wildman–Crippen MR) is 88.3 cm³/mol. The van der Waals surface area contributed by atoms with Crippen molar-refractivity contribution in [3.05, 3.63) is 60.6 Å². The summed E-state index contributed by atoms with van der Waals surface area (Å²) < 4.78 is 6.92. The van der Waals surface area contributed by atoms with Crippen molar-refractivity contribution < 1.29 is 9.53 Å².